The van der Waals surface area contributed by atoms with Crippen LogP contribution in [0.5, 0.6) is 11.5 Å². The van der Waals surface area contributed by atoms with E-state index in [1.54, 1.807) is 6.07 Å². The van der Waals surface area contributed by atoms with Gasteiger partial charge in [0.25, 0.3) is 0 Å². The first-order valence-electron chi connectivity index (χ1n) is 7.20. The normalized spacial score (nSPS) is 14.6. The van der Waals surface area contributed by atoms with Crippen molar-refractivity contribution in [3.05, 3.63) is 29.8 Å². The summed E-state index contributed by atoms with van der Waals surface area (Å²) in [7, 11) is 0. The number of azo groups is 1. The maximum absolute atomic E-state index is 11.6. The van der Waals surface area contributed by atoms with Gasteiger partial charge in [-0.15, -0.1) is 0 Å². The fourth-order valence-electron chi connectivity index (χ4n) is 2.75. The summed E-state index contributed by atoms with van der Waals surface area (Å²) in [5.41, 5.74) is 0.391. The molecule has 6 heteroatoms. The topological polar surface area (TPSA) is 77.3 Å². The molecule has 0 saturated carbocycles. The molecule has 1 heterocycles. The summed E-state index contributed by atoms with van der Waals surface area (Å²) in [5, 5.41) is 9.74. The van der Waals surface area contributed by atoms with Gasteiger partial charge in [0.2, 0.25) is 0 Å². The number of carbonyl (C=O) groups is 2. The van der Waals surface area contributed by atoms with E-state index in [1.807, 2.05) is 32.0 Å². The fourth-order valence-corrected chi connectivity index (χ4v) is 2.75. The predicted molar refractivity (Wildman–Crippen MR) is 84.1 cm³/mol. The lowest BCUT2D eigenvalue weighted by Crippen LogP contribution is -2.15. The van der Waals surface area contributed by atoms with Crippen LogP contribution in [0.1, 0.15) is 33.3 Å². The highest BCUT2D eigenvalue weighted by atomic mass is 16.5. The average Bonchev–Trinajstić information content (AvgIpc) is 2.77. The maximum Gasteiger partial charge on any atom is 0.308 e. The molecule has 1 aliphatic heterocycles. The minimum Gasteiger partial charge on any atom is -0.426 e. The van der Waals surface area contributed by atoms with Crippen molar-refractivity contribution in [1.82, 2.24) is 0 Å². The van der Waals surface area contributed by atoms with Crippen LogP contribution in [-0.2, 0) is 15.1 Å². The van der Waals surface area contributed by atoms with Gasteiger partial charge in [0.15, 0.2) is 5.75 Å². The summed E-state index contributed by atoms with van der Waals surface area (Å²) >= 11 is 0. The quantitative estimate of drug-likeness (QED) is 0.619. The van der Waals surface area contributed by atoms with E-state index in [2.05, 4.69) is 10.2 Å². The number of carbonyl (C=O) groups excluding carboxylic acids is 2. The molecule has 0 radical (unpaired) electrons. The zero-order chi connectivity index (χ0) is 16.8. The lowest BCUT2D eigenvalue weighted by atomic mass is 9.90. The number of ether oxygens (including phenoxy) is 2. The predicted octanol–water partition coefficient (Wildman–Crippen LogP) is 4.02. The van der Waals surface area contributed by atoms with E-state index in [0.717, 1.165) is 0 Å². The van der Waals surface area contributed by atoms with Crippen molar-refractivity contribution >= 4 is 28.4 Å². The van der Waals surface area contributed by atoms with Gasteiger partial charge in [0, 0.05) is 24.6 Å². The van der Waals surface area contributed by atoms with Crippen molar-refractivity contribution in [3.63, 3.8) is 0 Å². The van der Waals surface area contributed by atoms with E-state index in [1.165, 1.54) is 13.8 Å². The van der Waals surface area contributed by atoms with Gasteiger partial charge >= 0.3 is 11.9 Å². The number of hydrogen-bond donors (Lipinski definition) is 0. The summed E-state index contributed by atoms with van der Waals surface area (Å²) in [6.45, 7) is 6.40. The number of nitrogens with zero attached hydrogens (tertiary/aromatic N) is 2. The molecule has 0 aliphatic carbocycles. The van der Waals surface area contributed by atoms with Gasteiger partial charge in [-0.1, -0.05) is 24.3 Å². The van der Waals surface area contributed by atoms with E-state index < -0.39 is 17.5 Å². The molecule has 118 valence electrons. The van der Waals surface area contributed by atoms with Crippen molar-refractivity contribution in [2.24, 2.45) is 10.2 Å². The van der Waals surface area contributed by atoms with Crippen molar-refractivity contribution in [2.45, 2.75) is 33.2 Å². The molecule has 0 amide bonds. The molecule has 23 heavy (non-hydrogen) atoms. The third-order valence-corrected chi connectivity index (χ3v) is 3.60. The molecule has 0 saturated heterocycles. The molecule has 1 aliphatic rings. The lowest BCUT2D eigenvalue weighted by molar-refractivity contribution is -0.132. The zero-order valence-corrected chi connectivity index (χ0v) is 13.3. The largest absolute Gasteiger partial charge is 0.426 e. The number of rotatable bonds is 2. The summed E-state index contributed by atoms with van der Waals surface area (Å²) < 4.78 is 10.9. The van der Waals surface area contributed by atoms with Gasteiger partial charge in [-0.05, 0) is 13.8 Å². The summed E-state index contributed by atoms with van der Waals surface area (Å²) in [4.78, 5) is 23.1. The Balaban J connectivity index is 2.44. The van der Waals surface area contributed by atoms with Crippen molar-refractivity contribution in [1.29, 1.82) is 0 Å². The molecule has 0 bridgehead atoms. The number of fused-ring (bicyclic) bond motifs is 2. The van der Waals surface area contributed by atoms with Gasteiger partial charge in [-0.3, -0.25) is 9.59 Å². The second kappa shape index (κ2) is 5.15. The minimum atomic E-state index is -0.682. The smallest absolute Gasteiger partial charge is 0.308 e. The average molecular weight is 312 g/mol. The Hall–Kier alpha value is -2.76. The third-order valence-electron chi connectivity index (χ3n) is 3.60. The van der Waals surface area contributed by atoms with Crippen LogP contribution in [0.4, 0.5) is 5.69 Å². The third kappa shape index (κ3) is 2.46. The Morgan fingerprint density at radius 2 is 1.48 bits per heavy atom. The monoisotopic (exact) mass is 312 g/mol. The van der Waals surface area contributed by atoms with Crippen molar-refractivity contribution < 1.29 is 19.1 Å². The Morgan fingerprint density at radius 3 is 2.04 bits per heavy atom. The molecule has 2 aromatic carbocycles. The van der Waals surface area contributed by atoms with Gasteiger partial charge in [0.05, 0.1) is 5.56 Å². The molecule has 3 rings (SSSR count). The van der Waals surface area contributed by atoms with Crippen molar-refractivity contribution in [3.8, 4) is 11.5 Å². The van der Waals surface area contributed by atoms with Gasteiger partial charge < -0.3 is 9.47 Å². The molecule has 6 nitrogen and oxygen atoms in total. The summed E-state index contributed by atoms with van der Waals surface area (Å²) in [5.74, 6) is -0.125. The van der Waals surface area contributed by atoms with Crippen LogP contribution >= 0.6 is 0 Å². The van der Waals surface area contributed by atoms with E-state index in [4.69, 9.17) is 9.47 Å². The van der Waals surface area contributed by atoms with Crippen LogP contribution in [0.15, 0.2) is 34.5 Å². The highest BCUT2D eigenvalue weighted by molar-refractivity contribution is 6.02. The van der Waals surface area contributed by atoms with E-state index in [-0.39, 0.29) is 0 Å². The second-order valence-corrected chi connectivity index (χ2v) is 5.87. The molecule has 0 aromatic heterocycles. The standard InChI is InChI=1S/C17H16N2O4/c1-9(20)22-15-11-7-5-6-8-12(11)16(23-10(2)21)14-13(15)17(3,4)19-18-14/h5-8H,1-4H3. The van der Waals surface area contributed by atoms with E-state index in [9.17, 15) is 9.59 Å². The SMILES string of the molecule is CC(=O)Oc1c2c(c(OC(C)=O)c3ccccc13)C(C)(C)N=N2. The highest BCUT2D eigenvalue weighted by Crippen LogP contribution is 2.54. The van der Waals surface area contributed by atoms with Crippen LogP contribution < -0.4 is 9.47 Å². The summed E-state index contributed by atoms with van der Waals surface area (Å²) in [6.07, 6.45) is 0. The van der Waals surface area contributed by atoms with Crippen molar-refractivity contribution in [2.75, 3.05) is 0 Å². The molecule has 0 atom stereocenters. The highest BCUT2D eigenvalue weighted by Gasteiger charge is 2.37. The molecule has 0 unspecified atom stereocenters. The molecular formula is C17H16N2O4. The Labute approximate surface area is 133 Å². The van der Waals surface area contributed by atoms with Gasteiger partial charge in [-0.2, -0.15) is 10.2 Å². The van der Waals surface area contributed by atoms with Crippen LogP contribution in [0.25, 0.3) is 10.8 Å². The number of esters is 2. The first-order valence-corrected chi connectivity index (χ1v) is 7.20. The fraction of sp³-hybridized carbons (Fsp3) is 0.294. The first kappa shape index (κ1) is 15.1. The van der Waals surface area contributed by atoms with Crippen LogP contribution in [0.3, 0.4) is 0 Å². The molecule has 2 aromatic rings. The Bertz CT molecular complexity index is 869. The Morgan fingerprint density at radius 1 is 0.957 bits per heavy atom. The second-order valence-electron chi connectivity index (χ2n) is 5.87. The van der Waals surface area contributed by atoms with Crippen LogP contribution in [0, 0.1) is 0 Å². The van der Waals surface area contributed by atoms with Crippen LogP contribution in [-0.4, -0.2) is 11.9 Å². The minimum absolute atomic E-state index is 0.341. The number of hydrogen-bond acceptors (Lipinski definition) is 6. The molecule has 0 N–H and O–H groups in total. The summed E-state index contributed by atoms with van der Waals surface area (Å²) in [6, 6.07) is 7.25. The number of benzene rings is 2. The van der Waals surface area contributed by atoms with Gasteiger partial charge in [-0.25, -0.2) is 0 Å². The van der Waals surface area contributed by atoms with Gasteiger partial charge in [0.1, 0.15) is 17.0 Å². The first-order chi connectivity index (χ1) is 10.8. The Kier molecular flexibility index (Phi) is 3.39. The molecule has 0 fully saturated rings. The van der Waals surface area contributed by atoms with Crippen LogP contribution in [0.2, 0.25) is 0 Å². The molecule has 0 spiro atoms. The van der Waals surface area contributed by atoms with E-state index >= 15 is 0 Å². The zero-order valence-electron chi connectivity index (χ0n) is 13.3. The van der Waals surface area contributed by atoms with E-state index in [0.29, 0.717) is 33.5 Å². The maximum atomic E-state index is 11.6. The molecular weight excluding hydrogens is 296 g/mol. The lowest BCUT2D eigenvalue weighted by Gasteiger charge is -2.21.